The summed E-state index contributed by atoms with van der Waals surface area (Å²) in [7, 11) is 0. The molecule has 6 heteroatoms. The molecule has 1 aliphatic carbocycles. The molecule has 154 valence electrons. The van der Waals surface area contributed by atoms with Crippen LogP contribution in [0, 0.1) is 12.8 Å². The van der Waals surface area contributed by atoms with Gasteiger partial charge in [0.1, 0.15) is 5.82 Å². The van der Waals surface area contributed by atoms with Crippen LogP contribution in [0.2, 0.25) is 0 Å². The third kappa shape index (κ3) is 4.76. The lowest BCUT2D eigenvalue weighted by atomic mass is 10.0. The van der Waals surface area contributed by atoms with Crippen molar-refractivity contribution in [2.24, 2.45) is 5.92 Å². The summed E-state index contributed by atoms with van der Waals surface area (Å²) >= 11 is 0. The largest absolute Gasteiger partial charge is 0.353 e. The van der Waals surface area contributed by atoms with Crippen molar-refractivity contribution in [3.8, 4) is 0 Å². The second kappa shape index (κ2) is 9.10. The Kier molecular flexibility index (Phi) is 6.33. The average molecular weight is 386 g/mol. The van der Waals surface area contributed by atoms with E-state index in [9.17, 15) is 4.79 Å². The Morgan fingerprint density at radius 3 is 2.36 bits per heavy atom. The summed E-state index contributed by atoms with van der Waals surface area (Å²) in [5, 5.41) is 0. The van der Waals surface area contributed by atoms with Crippen molar-refractivity contribution in [3.05, 3.63) is 11.8 Å². The number of hydrogen-bond donors (Lipinski definition) is 0. The van der Waals surface area contributed by atoms with Crippen molar-refractivity contribution < 1.29 is 4.79 Å². The molecule has 1 aromatic rings. The zero-order valence-corrected chi connectivity index (χ0v) is 17.4. The van der Waals surface area contributed by atoms with Gasteiger partial charge in [0.05, 0.1) is 0 Å². The smallest absolute Gasteiger partial charge is 0.227 e. The van der Waals surface area contributed by atoms with Gasteiger partial charge < -0.3 is 14.7 Å². The molecule has 3 heterocycles. The van der Waals surface area contributed by atoms with Gasteiger partial charge in [-0.05, 0) is 38.5 Å². The number of aryl methyl sites for hydroxylation is 1. The van der Waals surface area contributed by atoms with Crippen LogP contribution in [-0.2, 0) is 4.79 Å². The van der Waals surface area contributed by atoms with Crippen LogP contribution in [-0.4, -0.2) is 60.0 Å². The number of piperazine rings is 1. The zero-order valence-electron chi connectivity index (χ0n) is 17.4. The second-order valence-electron chi connectivity index (χ2n) is 8.77. The van der Waals surface area contributed by atoms with Gasteiger partial charge in [-0.1, -0.05) is 25.7 Å². The van der Waals surface area contributed by atoms with Crippen LogP contribution in [0.1, 0.15) is 63.5 Å². The number of nitrogens with zero attached hydrogens (tertiary/aromatic N) is 5. The summed E-state index contributed by atoms with van der Waals surface area (Å²) in [5.74, 6) is 3.04. The van der Waals surface area contributed by atoms with Gasteiger partial charge in [-0.15, -0.1) is 0 Å². The number of anilines is 2. The topological polar surface area (TPSA) is 52.6 Å². The molecule has 4 rings (SSSR count). The molecule has 0 radical (unpaired) electrons. The maximum Gasteiger partial charge on any atom is 0.227 e. The minimum Gasteiger partial charge on any atom is -0.353 e. The first-order chi connectivity index (χ1) is 13.7. The van der Waals surface area contributed by atoms with E-state index in [0.29, 0.717) is 5.91 Å². The van der Waals surface area contributed by atoms with Crippen molar-refractivity contribution in [3.63, 3.8) is 0 Å². The Hall–Kier alpha value is -1.85. The molecule has 2 saturated heterocycles. The number of carbonyl (C=O) groups is 1. The molecule has 0 spiro atoms. The van der Waals surface area contributed by atoms with Crippen LogP contribution in [0.4, 0.5) is 11.8 Å². The van der Waals surface area contributed by atoms with E-state index >= 15 is 0 Å². The molecule has 6 nitrogen and oxygen atoms in total. The predicted octanol–water partition coefficient (Wildman–Crippen LogP) is 3.39. The molecule has 0 unspecified atom stereocenters. The monoisotopic (exact) mass is 385 g/mol. The summed E-state index contributed by atoms with van der Waals surface area (Å²) in [6.45, 7) is 7.53. The molecule has 0 bridgehead atoms. The van der Waals surface area contributed by atoms with E-state index in [2.05, 4.69) is 32.7 Å². The zero-order chi connectivity index (χ0) is 19.3. The first kappa shape index (κ1) is 19.5. The molecule has 1 saturated carbocycles. The Morgan fingerprint density at radius 1 is 0.929 bits per heavy atom. The van der Waals surface area contributed by atoms with E-state index in [0.717, 1.165) is 75.5 Å². The fraction of sp³-hybridized carbons (Fsp3) is 0.773. The number of amides is 1. The van der Waals surface area contributed by atoms with Gasteiger partial charge in [0.25, 0.3) is 0 Å². The molecule has 0 atom stereocenters. The molecule has 3 fully saturated rings. The third-order valence-electron chi connectivity index (χ3n) is 6.67. The molecule has 0 aromatic carbocycles. The molecule has 1 amide bonds. The Balaban J connectivity index is 1.31. The summed E-state index contributed by atoms with van der Waals surface area (Å²) in [4.78, 5) is 28.9. The number of aromatic nitrogens is 2. The van der Waals surface area contributed by atoms with Gasteiger partial charge in [-0.2, -0.15) is 4.98 Å². The van der Waals surface area contributed by atoms with Crippen molar-refractivity contribution in [1.29, 1.82) is 0 Å². The molecule has 0 N–H and O–H groups in total. The van der Waals surface area contributed by atoms with E-state index in [-0.39, 0.29) is 0 Å². The highest BCUT2D eigenvalue weighted by Gasteiger charge is 2.24. The maximum absolute atomic E-state index is 12.6. The first-order valence-corrected chi connectivity index (χ1v) is 11.3. The fourth-order valence-electron chi connectivity index (χ4n) is 4.90. The number of piperidine rings is 1. The Labute approximate surface area is 169 Å². The van der Waals surface area contributed by atoms with Crippen LogP contribution in [0.25, 0.3) is 0 Å². The van der Waals surface area contributed by atoms with Gasteiger partial charge >= 0.3 is 0 Å². The summed E-state index contributed by atoms with van der Waals surface area (Å²) in [6.07, 6.45) is 11.0. The summed E-state index contributed by atoms with van der Waals surface area (Å²) in [6, 6.07) is 2.09. The Morgan fingerprint density at radius 2 is 1.64 bits per heavy atom. The van der Waals surface area contributed by atoms with Crippen molar-refractivity contribution in [2.45, 2.75) is 64.7 Å². The van der Waals surface area contributed by atoms with E-state index in [1.807, 2.05) is 0 Å². The van der Waals surface area contributed by atoms with E-state index < -0.39 is 0 Å². The molecular weight excluding hydrogens is 350 g/mol. The molecular formula is C22H35N5O. The summed E-state index contributed by atoms with van der Waals surface area (Å²) in [5.41, 5.74) is 1.03. The van der Waals surface area contributed by atoms with Gasteiger partial charge in [0.15, 0.2) is 0 Å². The average Bonchev–Trinajstić information content (AvgIpc) is 3.26. The van der Waals surface area contributed by atoms with E-state index in [4.69, 9.17) is 4.98 Å². The number of rotatable bonds is 5. The number of hydrogen-bond acceptors (Lipinski definition) is 5. The van der Waals surface area contributed by atoms with Crippen LogP contribution >= 0.6 is 0 Å². The van der Waals surface area contributed by atoms with Gasteiger partial charge in [0.2, 0.25) is 11.9 Å². The number of carbonyl (C=O) groups excluding carboxylic acids is 1. The van der Waals surface area contributed by atoms with E-state index in [1.54, 1.807) is 0 Å². The SMILES string of the molecule is Cc1cc(N2CCN(C(=O)CCC3CCCC3)CC2)nc(N2CCCCC2)n1. The first-order valence-electron chi connectivity index (χ1n) is 11.3. The maximum atomic E-state index is 12.6. The quantitative estimate of drug-likeness (QED) is 0.778. The highest BCUT2D eigenvalue weighted by atomic mass is 16.2. The minimum atomic E-state index is 0.347. The lowest BCUT2D eigenvalue weighted by Gasteiger charge is -2.36. The highest BCUT2D eigenvalue weighted by Crippen LogP contribution is 2.29. The van der Waals surface area contributed by atoms with Crippen LogP contribution in [0.15, 0.2) is 6.07 Å². The van der Waals surface area contributed by atoms with Gasteiger partial charge in [-0.25, -0.2) is 4.98 Å². The predicted molar refractivity (Wildman–Crippen MR) is 113 cm³/mol. The van der Waals surface area contributed by atoms with Crippen LogP contribution in [0.3, 0.4) is 0 Å². The summed E-state index contributed by atoms with van der Waals surface area (Å²) < 4.78 is 0. The Bertz CT molecular complexity index is 659. The molecule has 1 aromatic heterocycles. The third-order valence-corrected chi connectivity index (χ3v) is 6.67. The molecule has 3 aliphatic rings. The van der Waals surface area contributed by atoms with Crippen molar-refractivity contribution in [1.82, 2.24) is 14.9 Å². The minimum absolute atomic E-state index is 0.347. The van der Waals surface area contributed by atoms with Crippen molar-refractivity contribution in [2.75, 3.05) is 49.1 Å². The lowest BCUT2D eigenvalue weighted by Crippen LogP contribution is -2.49. The van der Waals surface area contributed by atoms with E-state index in [1.165, 1.54) is 44.9 Å². The molecule has 28 heavy (non-hydrogen) atoms. The fourth-order valence-corrected chi connectivity index (χ4v) is 4.90. The van der Waals surface area contributed by atoms with Crippen LogP contribution < -0.4 is 9.80 Å². The normalized spacial score (nSPS) is 21.4. The standard InChI is InChI=1S/C22H35N5O/c1-18-17-20(24-22(23-18)27-11-5-2-6-12-27)25-13-15-26(16-14-25)21(28)10-9-19-7-3-4-8-19/h17,19H,2-16H2,1H3. The van der Waals surface area contributed by atoms with Crippen molar-refractivity contribution >= 4 is 17.7 Å². The lowest BCUT2D eigenvalue weighted by molar-refractivity contribution is -0.131. The highest BCUT2D eigenvalue weighted by molar-refractivity contribution is 5.76. The van der Waals surface area contributed by atoms with Crippen LogP contribution in [0.5, 0.6) is 0 Å². The van der Waals surface area contributed by atoms with Gasteiger partial charge in [-0.3, -0.25) is 4.79 Å². The van der Waals surface area contributed by atoms with Gasteiger partial charge in [0, 0.05) is 57.4 Å². The second-order valence-corrected chi connectivity index (χ2v) is 8.77. The molecule has 2 aliphatic heterocycles.